The summed E-state index contributed by atoms with van der Waals surface area (Å²) >= 11 is 0. The summed E-state index contributed by atoms with van der Waals surface area (Å²) in [5, 5.41) is 6.46. The predicted molar refractivity (Wildman–Crippen MR) is 82.8 cm³/mol. The van der Waals surface area contributed by atoms with Crippen LogP contribution in [0.3, 0.4) is 0 Å². The number of hydrogen-bond donors (Lipinski definition) is 2. The highest BCUT2D eigenvalue weighted by Gasteiger charge is 2.38. The summed E-state index contributed by atoms with van der Waals surface area (Å²) in [5.41, 5.74) is 0.795. The number of aryl methyl sites for hydroxylation is 1. The Balaban J connectivity index is 1.94. The minimum Gasteiger partial charge on any atom is -0.353 e. The number of piperidine rings is 1. The number of rotatable bonds is 6. The molecule has 0 unspecified atom stereocenters. The van der Waals surface area contributed by atoms with Gasteiger partial charge in [0.15, 0.2) is 0 Å². The Hall–Kier alpha value is -1.49. The number of hydrogen-bond acceptors (Lipinski definition) is 4. The van der Waals surface area contributed by atoms with E-state index in [0.29, 0.717) is 0 Å². The monoisotopic (exact) mass is 290 g/mol. The fourth-order valence-corrected chi connectivity index (χ4v) is 2.98. The van der Waals surface area contributed by atoms with Crippen molar-refractivity contribution in [2.45, 2.75) is 52.0 Å². The van der Waals surface area contributed by atoms with Gasteiger partial charge in [-0.3, -0.25) is 14.8 Å². The molecular weight excluding hydrogens is 264 g/mol. The van der Waals surface area contributed by atoms with Crippen molar-refractivity contribution in [2.75, 3.05) is 13.1 Å². The van der Waals surface area contributed by atoms with E-state index in [2.05, 4.69) is 20.6 Å². The van der Waals surface area contributed by atoms with Gasteiger partial charge in [-0.2, -0.15) is 0 Å². The van der Waals surface area contributed by atoms with Crippen molar-refractivity contribution < 1.29 is 4.79 Å². The van der Waals surface area contributed by atoms with E-state index < -0.39 is 0 Å². The fraction of sp³-hybridized carbons (Fsp3) is 0.688. The molecule has 116 valence electrons. The number of carbonyl (C=O) groups is 1. The van der Waals surface area contributed by atoms with Crippen molar-refractivity contribution in [2.24, 2.45) is 5.41 Å². The molecule has 0 bridgehead atoms. The van der Waals surface area contributed by atoms with Crippen LogP contribution in [0.25, 0.3) is 0 Å². The zero-order chi connectivity index (χ0) is 15.1. The van der Waals surface area contributed by atoms with Gasteiger partial charge < -0.3 is 10.6 Å². The molecule has 21 heavy (non-hydrogen) atoms. The normalized spacial score (nSPS) is 17.7. The summed E-state index contributed by atoms with van der Waals surface area (Å²) in [5.74, 6) is 0.221. The molecule has 0 aliphatic carbocycles. The van der Waals surface area contributed by atoms with Crippen LogP contribution in [-0.4, -0.2) is 35.0 Å². The molecule has 0 atom stereocenters. The summed E-state index contributed by atoms with van der Waals surface area (Å²) in [6.45, 7) is 5.89. The minimum atomic E-state index is -0.211. The van der Waals surface area contributed by atoms with Crippen LogP contribution in [0.1, 0.15) is 45.2 Å². The zero-order valence-electron chi connectivity index (χ0n) is 13.1. The van der Waals surface area contributed by atoms with Gasteiger partial charge in [0.1, 0.15) is 0 Å². The van der Waals surface area contributed by atoms with Gasteiger partial charge >= 0.3 is 0 Å². The number of amides is 1. The van der Waals surface area contributed by atoms with Gasteiger partial charge in [0.2, 0.25) is 5.91 Å². The van der Waals surface area contributed by atoms with Crippen LogP contribution in [0.2, 0.25) is 0 Å². The first-order chi connectivity index (χ1) is 10.1. The van der Waals surface area contributed by atoms with E-state index in [-0.39, 0.29) is 17.4 Å². The van der Waals surface area contributed by atoms with Gasteiger partial charge in [-0.1, -0.05) is 0 Å². The maximum absolute atomic E-state index is 12.6. The predicted octanol–water partition coefficient (Wildman–Crippen LogP) is 1.69. The largest absolute Gasteiger partial charge is 0.353 e. The van der Waals surface area contributed by atoms with E-state index in [1.54, 1.807) is 12.4 Å². The molecule has 1 aromatic rings. The van der Waals surface area contributed by atoms with E-state index in [0.717, 1.165) is 50.9 Å². The van der Waals surface area contributed by atoms with Crippen LogP contribution >= 0.6 is 0 Å². The summed E-state index contributed by atoms with van der Waals surface area (Å²) in [7, 11) is 0. The molecule has 1 fully saturated rings. The van der Waals surface area contributed by atoms with Crippen LogP contribution in [0.4, 0.5) is 0 Å². The highest BCUT2D eigenvalue weighted by molar-refractivity contribution is 5.83. The maximum Gasteiger partial charge on any atom is 0.226 e. The fourth-order valence-electron chi connectivity index (χ4n) is 2.98. The number of nitrogens with zero attached hydrogens (tertiary/aromatic N) is 2. The van der Waals surface area contributed by atoms with Gasteiger partial charge in [-0.15, -0.1) is 0 Å². The molecule has 0 spiro atoms. The number of carbonyl (C=O) groups excluding carboxylic acids is 1. The first kappa shape index (κ1) is 15.9. The molecule has 2 rings (SSSR count). The Morgan fingerprint density at radius 3 is 2.76 bits per heavy atom. The third kappa shape index (κ3) is 4.49. The summed E-state index contributed by atoms with van der Waals surface area (Å²) < 4.78 is 0. The summed E-state index contributed by atoms with van der Waals surface area (Å²) in [6, 6.07) is 0.198. The number of nitrogens with one attached hydrogen (secondary N) is 2. The van der Waals surface area contributed by atoms with Gasteiger partial charge in [-0.05, 0) is 59.0 Å². The molecular formula is C16H26N4O. The molecule has 1 aliphatic rings. The maximum atomic E-state index is 12.6. The van der Waals surface area contributed by atoms with Crippen molar-refractivity contribution in [3.05, 3.63) is 24.3 Å². The van der Waals surface area contributed by atoms with Crippen molar-refractivity contribution in [1.82, 2.24) is 20.6 Å². The Bertz CT molecular complexity index is 441. The van der Waals surface area contributed by atoms with E-state index in [1.165, 1.54) is 0 Å². The van der Waals surface area contributed by atoms with E-state index in [9.17, 15) is 4.79 Å². The van der Waals surface area contributed by atoms with Gasteiger partial charge in [-0.25, -0.2) is 0 Å². The zero-order valence-corrected chi connectivity index (χ0v) is 13.1. The SMILES string of the molecule is CC(C)NC(=O)C1(CCCc2cnccn2)CCNCC1. The third-order valence-corrected chi connectivity index (χ3v) is 4.17. The smallest absolute Gasteiger partial charge is 0.226 e. The molecule has 5 heteroatoms. The average Bonchev–Trinajstić information content (AvgIpc) is 2.48. The second kappa shape index (κ2) is 7.50. The number of aromatic nitrogens is 2. The first-order valence-corrected chi connectivity index (χ1v) is 7.89. The quantitative estimate of drug-likeness (QED) is 0.837. The Morgan fingerprint density at radius 1 is 1.38 bits per heavy atom. The Labute approximate surface area is 127 Å². The first-order valence-electron chi connectivity index (χ1n) is 7.89. The lowest BCUT2D eigenvalue weighted by molar-refractivity contribution is -0.133. The molecule has 1 aliphatic heterocycles. The molecule has 0 saturated carbocycles. The van der Waals surface area contributed by atoms with Gasteiger partial charge in [0.25, 0.3) is 0 Å². The summed E-state index contributed by atoms with van der Waals surface area (Å²) in [4.78, 5) is 21.0. The van der Waals surface area contributed by atoms with E-state index >= 15 is 0 Å². The van der Waals surface area contributed by atoms with Crippen molar-refractivity contribution in [1.29, 1.82) is 0 Å². The van der Waals surface area contributed by atoms with Crippen molar-refractivity contribution >= 4 is 5.91 Å². The molecule has 1 amide bonds. The van der Waals surface area contributed by atoms with Crippen LogP contribution in [0.5, 0.6) is 0 Å². The molecule has 2 heterocycles. The second-order valence-electron chi connectivity index (χ2n) is 6.21. The molecule has 0 radical (unpaired) electrons. The molecule has 1 aromatic heterocycles. The topological polar surface area (TPSA) is 66.9 Å². The van der Waals surface area contributed by atoms with Gasteiger partial charge in [0.05, 0.1) is 11.1 Å². The van der Waals surface area contributed by atoms with Crippen LogP contribution in [-0.2, 0) is 11.2 Å². The molecule has 5 nitrogen and oxygen atoms in total. The lowest BCUT2D eigenvalue weighted by atomic mass is 9.74. The lowest BCUT2D eigenvalue weighted by Gasteiger charge is -2.37. The van der Waals surface area contributed by atoms with Gasteiger partial charge in [0, 0.05) is 24.6 Å². The lowest BCUT2D eigenvalue weighted by Crippen LogP contribution is -2.49. The molecule has 1 saturated heterocycles. The van der Waals surface area contributed by atoms with E-state index in [1.807, 2.05) is 20.0 Å². The molecule has 2 N–H and O–H groups in total. The second-order valence-corrected chi connectivity index (χ2v) is 6.21. The standard InChI is InChI=1S/C16H26N4O/c1-13(2)20-15(21)16(6-8-17-9-7-16)5-3-4-14-12-18-10-11-19-14/h10-13,17H,3-9H2,1-2H3,(H,20,21). The molecule has 0 aromatic carbocycles. The van der Waals surface area contributed by atoms with Crippen molar-refractivity contribution in [3.8, 4) is 0 Å². The van der Waals surface area contributed by atoms with Crippen molar-refractivity contribution in [3.63, 3.8) is 0 Å². The van der Waals surface area contributed by atoms with Crippen LogP contribution in [0, 0.1) is 5.41 Å². The third-order valence-electron chi connectivity index (χ3n) is 4.17. The Morgan fingerprint density at radius 2 is 2.14 bits per heavy atom. The Kier molecular flexibility index (Phi) is 5.67. The average molecular weight is 290 g/mol. The van der Waals surface area contributed by atoms with E-state index in [4.69, 9.17) is 0 Å². The highest BCUT2D eigenvalue weighted by Crippen LogP contribution is 2.35. The van der Waals surface area contributed by atoms with Crippen LogP contribution < -0.4 is 10.6 Å². The summed E-state index contributed by atoms with van der Waals surface area (Å²) in [6.07, 6.45) is 9.85. The minimum absolute atomic E-state index is 0.198. The van der Waals surface area contributed by atoms with Crippen LogP contribution in [0.15, 0.2) is 18.6 Å². The highest BCUT2D eigenvalue weighted by atomic mass is 16.2.